The van der Waals surface area contributed by atoms with Crippen molar-refractivity contribution in [3.05, 3.63) is 50.5 Å². The maximum atomic E-state index is 14.9. The van der Waals surface area contributed by atoms with Gasteiger partial charge in [0.05, 0.1) is 21.6 Å². The fourth-order valence-corrected chi connectivity index (χ4v) is 4.06. The molecule has 0 radical (unpaired) electrons. The van der Waals surface area contributed by atoms with Crippen molar-refractivity contribution in [3.8, 4) is 0 Å². The minimum absolute atomic E-state index is 0.00987. The molecule has 0 spiro atoms. The summed E-state index contributed by atoms with van der Waals surface area (Å²) in [5.41, 5.74) is 0.721. The van der Waals surface area contributed by atoms with Crippen LogP contribution < -0.4 is 15.6 Å². The lowest BCUT2D eigenvalue weighted by molar-refractivity contribution is 0.0695. The van der Waals surface area contributed by atoms with Gasteiger partial charge in [-0.25, -0.2) is 9.18 Å². The summed E-state index contributed by atoms with van der Waals surface area (Å²) < 4.78 is 16.7. The van der Waals surface area contributed by atoms with E-state index in [0.717, 1.165) is 24.5 Å². The highest BCUT2D eigenvalue weighted by Gasteiger charge is 2.30. The smallest absolute Gasteiger partial charge is 0.341 e. The highest BCUT2D eigenvalue weighted by molar-refractivity contribution is 6.38. The lowest BCUT2D eigenvalue weighted by atomic mass is 10.1. The summed E-state index contributed by atoms with van der Waals surface area (Å²) >= 11 is 6.61. The van der Waals surface area contributed by atoms with Gasteiger partial charge in [0.1, 0.15) is 11.4 Å². The number of hydrogen-bond acceptors (Lipinski definition) is 4. The molecule has 27 heavy (non-hydrogen) atoms. The average Bonchev–Trinajstić information content (AvgIpc) is 3.36. The van der Waals surface area contributed by atoms with Gasteiger partial charge in [-0.15, -0.1) is 0 Å². The molecule has 1 fully saturated rings. The lowest BCUT2D eigenvalue weighted by Crippen LogP contribution is -2.25. The number of carbonyl (C=O) groups is 1. The molecule has 1 saturated carbocycles. The molecule has 2 aromatic rings. The van der Waals surface area contributed by atoms with Crippen LogP contribution in [0.5, 0.6) is 0 Å². The van der Waals surface area contributed by atoms with Gasteiger partial charge in [-0.1, -0.05) is 17.7 Å². The van der Waals surface area contributed by atoms with Gasteiger partial charge in [-0.2, -0.15) is 0 Å². The van der Waals surface area contributed by atoms with Gasteiger partial charge in [0.15, 0.2) is 0 Å². The van der Waals surface area contributed by atoms with Crippen molar-refractivity contribution in [1.29, 1.82) is 0 Å². The molecule has 4 rings (SSSR count). The number of hydrogen-bond donors (Lipinski definition) is 2. The zero-order valence-corrected chi connectivity index (χ0v) is 15.5. The van der Waals surface area contributed by atoms with Crippen molar-refractivity contribution < 1.29 is 14.3 Å². The van der Waals surface area contributed by atoms with E-state index in [2.05, 4.69) is 5.32 Å². The van der Waals surface area contributed by atoms with Gasteiger partial charge < -0.3 is 19.9 Å². The van der Waals surface area contributed by atoms with Crippen LogP contribution in [-0.2, 0) is 0 Å². The number of nitrogens with one attached hydrogen (secondary N) is 1. The summed E-state index contributed by atoms with van der Waals surface area (Å²) in [6.07, 6.45) is 5.11. The molecule has 1 aliphatic carbocycles. The van der Waals surface area contributed by atoms with Gasteiger partial charge in [-0.3, -0.25) is 4.79 Å². The number of likely N-dealkylation sites (N-methyl/N-ethyl adjacent to an activating group) is 1. The van der Waals surface area contributed by atoms with Crippen LogP contribution in [0.4, 0.5) is 10.1 Å². The van der Waals surface area contributed by atoms with Crippen LogP contribution in [0.25, 0.3) is 10.9 Å². The molecule has 2 N–H and O–H groups in total. The van der Waals surface area contributed by atoms with E-state index in [1.165, 1.54) is 6.20 Å². The average molecular weight is 392 g/mol. The van der Waals surface area contributed by atoms with E-state index in [9.17, 15) is 19.1 Å². The first-order chi connectivity index (χ1) is 12.9. The fraction of sp³-hybridized carbons (Fsp3) is 0.368. The van der Waals surface area contributed by atoms with Gasteiger partial charge in [0, 0.05) is 31.9 Å². The predicted molar refractivity (Wildman–Crippen MR) is 103 cm³/mol. The highest BCUT2D eigenvalue weighted by atomic mass is 35.5. The largest absolute Gasteiger partial charge is 0.477 e. The second-order valence-corrected chi connectivity index (χ2v) is 7.38. The quantitative estimate of drug-likeness (QED) is 0.767. The van der Waals surface area contributed by atoms with Crippen LogP contribution in [0.2, 0.25) is 5.02 Å². The first kappa shape index (κ1) is 18.0. The minimum Gasteiger partial charge on any atom is -0.477 e. The topological polar surface area (TPSA) is 74.6 Å². The number of nitrogens with zero attached hydrogens (tertiary/aromatic N) is 2. The van der Waals surface area contributed by atoms with E-state index >= 15 is 0 Å². The highest BCUT2D eigenvalue weighted by Crippen LogP contribution is 2.42. The number of carboxylic acids is 1. The lowest BCUT2D eigenvalue weighted by Gasteiger charge is -2.23. The normalized spacial score (nSPS) is 16.9. The predicted octanol–water partition coefficient (Wildman–Crippen LogP) is 2.79. The van der Waals surface area contributed by atoms with Crippen LogP contribution in [0, 0.1) is 5.82 Å². The van der Waals surface area contributed by atoms with E-state index in [1.54, 1.807) is 4.57 Å². The summed E-state index contributed by atoms with van der Waals surface area (Å²) in [5.74, 6) is -1.94. The van der Waals surface area contributed by atoms with Gasteiger partial charge in [-0.05, 0) is 31.5 Å². The third-order valence-corrected chi connectivity index (χ3v) is 5.43. The molecule has 2 aliphatic rings. The maximum Gasteiger partial charge on any atom is 0.341 e. The maximum absolute atomic E-state index is 14.9. The Labute approximate surface area is 159 Å². The SMILES string of the molecule is CNCC1=CCN(c2c(F)cc3c(=O)c(C(=O)O)cn(C4CC4)c3c2Cl)C1. The molecule has 1 aliphatic heterocycles. The molecule has 0 bridgehead atoms. The standard InChI is InChI=1S/C19H19ClFN3O3/c1-22-7-10-4-5-23(8-10)17-14(21)6-12-16(15(17)20)24(11-2-3-11)9-13(18(12)25)19(26)27/h4,6,9,11,22H,2-3,5,7-8H2,1H3,(H,26,27). The van der Waals surface area contributed by atoms with Crippen LogP contribution in [0.1, 0.15) is 29.2 Å². The first-order valence-electron chi connectivity index (χ1n) is 8.80. The monoisotopic (exact) mass is 391 g/mol. The minimum atomic E-state index is -1.32. The number of anilines is 1. The summed E-state index contributed by atoms with van der Waals surface area (Å²) in [6, 6.07) is 1.21. The Bertz CT molecular complexity index is 1040. The molecule has 0 amide bonds. The van der Waals surface area contributed by atoms with E-state index in [-0.39, 0.29) is 27.7 Å². The Morgan fingerprint density at radius 3 is 2.81 bits per heavy atom. The van der Waals surface area contributed by atoms with Crippen molar-refractivity contribution in [2.75, 3.05) is 31.6 Å². The molecule has 8 heteroatoms. The molecule has 1 aromatic carbocycles. The summed E-state index contributed by atoms with van der Waals surface area (Å²) in [6.45, 7) is 1.78. The van der Waals surface area contributed by atoms with E-state index < -0.39 is 17.2 Å². The van der Waals surface area contributed by atoms with E-state index in [0.29, 0.717) is 25.2 Å². The third kappa shape index (κ3) is 3.00. The summed E-state index contributed by atoms with van der Waals surface area (Å²) in [5, 5.41) is 12.6. The molecule has 6 nitrogen and oxygen atoms in total. The molecule has 0 atom stereocenters. The second kappa shape index (κ2) is 6.65. The van der Waals surface area contributed by atoms with Crippen molar-refractivity contribution >= 4 is 34.2 Å². The summed E-state index contributed by atoms with van der Waals surface area (Å²) in [7, 11) is 1.85. The number of aromatic carboxylic acids is 1. The molecular formula is C19H19ClFN3O3. The Balaban J connectivity index is 1.91. The second-order valence-electron chi connectivity index (χ2n) is 7.01. The zero-order chi connectivity index (χ0) is 19.3. The number of aromatic nitrogens is 1. The van der Waals surface area contributed by atoms with Crippen molar-refractivity contribution in [1.82, 2.24) is 9.88 Å². The molecular weight excluding hydrogens is 373 g/mol. The molecule has 1 aromatic heterocycles. The Hall–Kier alpha value is -2.38. The van der Waals surface area contributed by atoms with E-state index in [1.807, 2.05) is 18.0 Å². The number of benzene rings is 1. The van der Waals surface area contributed by atoms with Crippen LogP contribution in [0.15, 0.2) is 28.7 Å². The van der Waals surface area contributed by atoms with Gasteiger partial charge >= 0.3 is 5.97 Å². The van der Waals surface area contributed by atoms with Crippen LogP contribution in [0.3, 0.4) is 0 Å². The molecule has 0 saturated heterocycles. The molecule has 142 valence electrons. The number of fused-ring (bicyclic) bond motifs is 1. The van der Waals surface area contributed by atoms with E-state index in [4.69, 9.17) is 11.6 Å². The molecule has 2 heterocycles. The first-order valence-corrected chi connectivity index (χ1v) is 9.17. The Morgan fingerprint density at radius 1 is 1.44 bits per heavy atom. The van der Waals surface area contributed by atoms with Crippen LogP contribution in [-0.4, -0.2) is 42.3 Å². The Kier molecular flexibility index (Phi) is 4.44. The van der Waals surface area contributed by atoms with Crippen molar-refractivity contribution in [2.24, 2.45) is 0 Å². The fourth-order valence-electron chi connectivity index (χ4n) is 3.65. The number of pyridine rings is 1. The van der Waals surface area contributed by atoms with Crippen LogP contribution >= 0.6 is 11.6 Å². The number of rotatable bonds is 5. The number of carboxylic acid groups (broad SMARTS) is 1. The van der Waals surface area contributed by atoms with Gasteiger partial charge in [0.25, 0.3) is 0 Å². The van der Waals surface area contributed by atoms with Gasteiger partial charge in [0.2, 0.25) is 5.43 Å². The summed E-state index contributed by atoms with van der Waals surface area (Å²) in [4.78, 5) is 25.9. The van der Waals surface area contributed by atoms with Crippen molar-refractivity contribution in [3.63, 3.8) is 0 Å². The third-order valence-electron chi connectivity index (χ3n) is 5.07. The number of halogens is 2. The molecule has 0 unspecified atom stereocenters. The zero-order valence-electron chi connectivity index (χ0n) is 14.8. The van der Waals surface area contributed by atoms with Crippen molar-refractivity contribution in [2.45, 2.75) is 18.9 Å². The Morgan fingerprint density at radius 2 is 2.19 bits per heavy atom.